The number of hydrogen-bond donors (Lipinski definition) is 2. The van der Waals surface area contributed by atoms with E-state index in [1.807, 2.05) is 91.0 Å². The van der Waals surface area contributed by atoms with Gasteiger partial charge in [0.1, 0.15) is 11.5 Å². The van der Waals surface area contributed by atoms with Gasteiger partial charge in [-0.25, -0.2) is 0 Å². The second-order valence-electron chi connectivity index (χ2n) is 7.04. The molecule has 0 unspecified atom stereocenters. The van der Waals surface area contributed by atoms with Gasteiger partial charge in [0.2, 0.25) is 0 Å². The summed E-state index contributed by atoms with van der Waals surface area (Å²) in [5, 5.41) is 20.4. The molecule has 0 amide bonds. The molecule has 2 N–H and O–H groups in total. The minimum atomic E-state index is 0.448. The van der Waals surface area contributed by atoms with Crippen molar-refractivity contribution in [3.63, 3.8) is 0 Å². The third-order valence-electron chi connectivity index (χ3n) is 4.69. The van der Waals surface area contributed by atoms with Crippen molar-refractivity contribution in [3.8, 4) is 11.5 Å². The highest BCUT2D eigenvalue weighted by Crippen LogP contribution is 2.24. The quantitative estimate of drug-likeness (QED) is 0.325. The highest BCUT2D eigenvalue weighted by molar-refractivity contribution is 6.30. The molecule has 0 spiro atoms. The largest absolute Gasteiger partial charge is 0.457 e. The summed E-state index contributed by atoms with van der Waals surface area (Å²) in [6.07, 6.45) is 0. The third kappa shape index (κ3) is 4.63. The zero-order valence-electron chi connectivity index (χ0n) is 16.9. The standard InChI is InChI=1S/C24H19ClN6O/c25-17-6-4-8-19(14-17)27-22-12-13-23-28-29-24(31(23)30-22)16-26-18-7-5-11-21(15-18)32-20-9-2-1-3-10-20/h1-15,26H,16H2,(H,27,30). The Morgan fingerprint density at radius 2 is 1.59 bits per heavy atom. The number of aromatic nitrogens is 4. The van der Waals surface area contributed by atoms with E-state index in [0.717, 1.165) is 22.9 Å². The van der Waals surface area contributed by atoms with Crippen LogP contribution in [0.15, 0.2) is 91.0 Å². The van der Waals surface area contributed by atoms with Crippen LogP contribution in [0.2, 0.25) is 5.02 Å². The monoisotopic (exact) mass is 442 g/mol. The number of anilines is 3. The molecule has 158 valence electrons. The summed E-state index contributed by atoms with van der Waals surface area (Å²) in [5.74, 6) is 2.89. The first-order chi connectivity index (χ1) is 15.7. The Balaban J connectivity index is 1.31. The van der Waals surface area contributed by atoms with Gasteiger partial charge in [-0.3, -0.25) is 0 Å². The number of para-hydroxylation sites is 1. The molecule has 5 aromatic rings. The van der Waals surface area contributed by atoms with Crippen molar-refractivity contribution < 1.29 is 4.74 Å². The van der Waals surface area contributed by atoms with E-state index in [-0.39, 0.29) is 0 Å². The van der Waals surface area contributed by atoms with Gasteiger partial charge in [0.25, 0.3) is 0 Å². The summed E-state index contributed by atoms with van der Waals surface area (Å²) in [6, 6.07) is 28.6. The van der Waals surface area contributed by atoms with Crippen molar-refractivity contribution in [1.29, 1.82) is 0 Å². The van der Waals surface area contributed by atoms with Gasteiger partial charge in [0, 0.05) is 22.5 Å². The molecule has 0 radical (unpaired) electrons. The molecule has 0 bridgehead atoms. The Bertz CT molecular complexity index is 1360. The number of benzene rings is 3. The molecule has 2 aromatic heterocycles. The van der Waals surface area contributed by atoms with E-state index >= 15 is 0 Å². The maximum absolute atomic E-state index is 6.07. The van der Waals surface area contributed by atoms with Crippen molar-refractivity contribution >= 4 is 34.4 Å². The predicted octanol–water partition coefficient (Wildman–Crippen LogP) is 5.93. The van der Waals surface area contributed by atoms with Crippen molar-refractivity contribution in [2.75, 3.05) is 10.6 Å². The molecule has 32 heavy (non-hydrogen) atoms. The number of nitrogens with one attached hydrogen (secondary N) is 2. The van der Waals surface area contributed by atoms with E-state index in [1.54, 1.807) is 4.52 Å². The van der Waals surface area contributed by atoms with Crippen molar-refractivity contribution in [2.24, 2.45) is 0 Å². The molecule has 0 aliphatic carbocycles. The van der Waals surface area contributed by atoms with Crippen LogP contribution in [0.5, 0.6) is 11.5 Å². The second-order valence-corrected chi connectivity index (χ2v) is 7.47. The van der Waals surface area contributed by atoms with E-state index in [2.05, 4.69) is 25.9 Å². The predicted molar refractivity (Wildman–Crippen MR) is 126 cm³/mol. The van der Waals surface area contributed by atoms with E-state index in [1.165, 1.54) is 0 Å². The van der Waals surface area contributed by atoms with E-state index in [9.17, 15) is 0 Å². The average Bonchev–Trinajstić information content (AvgIpc) is 3.21. The fraction of sp³-hybridized carbons (Fsp3) is 0.0417. The first-order valence-electron chi connectivity index (χ1n) is 10.0. The number of ether oxygens (including phenoxy) is 1. The smallest absolute Gasteiger partial charge is 0.178 e. The van der Waals surface area contributed by atoms with Crippen molar-refractivity contribution in [2.45, 2.75) is 6.54 Å². The fourth-order valence-corrected chi connectivity index (χ4v) is 3.39. The number of nitrogens with zero attached hydrogens (tertiary/aromatic N) is 4. The number of fused-ring (bicyclic) bond motifs is 1. The SMILES string of the molecule is Clc1cccc(Nc2ccc3nnc(CNc4cccc(Oc5ccccc5)c4)n3n2)c1. The molecule has 8 heteroatoms. The van der Waals surface area contributed by atoms with Crippen LogP contribution in [-0.2, 0) is 6.54 Å². The Labute approximate surface area is 189 Å². The van der Waals surface area contributed by atoms with E-state index in [0.29, 0.717) is 28.9 Å². The lowest BCUT2D eigenvalue weighted by Crippen LogP contribution is -2.07. The van der Waals surface area contributed by atoms with Gasteiger partial charge < -0.3 is 15.4 Å². The molecule has 3 aromatic carbocycles. The van der Waals surface area contributed by atoms with Crippen molar-refractivity contribution in [3.05, 3.63) is 102 Å². The number of halogens is 1. The van der Waals surface area contributed by atoms with Crippen LogP contribution in [0, 0.1) is 0 Å². The zero-order valence-corrected chi connectivity index (χ0v) is 17.7. The molecule has 0 atom stereocenters. The van der Waals surface area contributed by atoms with Crippen molar-refractivity contribution in [1.82, 2.24) is 19.8 Å². The maximum atomic E-state index is 6.07. The van der Waals surface area contributed by atoms with Gasteiger partial charge in [-0.2, -0.15) is 4.52 Å². The lowest BCUT2D eigenvalue weighted by Gasteiger charge is -2.09. The third-order valence-corrected chi connectivity index (χ3v) is 4.92. The van der Waals surface area contributed by atoms with Crippen LogP contribution in [0.25, 0.3) is 5.65 Å². The first-order valence-corrected chi connectivity index (χ1v) is 10.4. The summed E-state index contributed by atoms with van der Waals surface area (Å²) in [5.41, 5.74) is 2.43. The van der Waals surface area contributed by atoms with Gasteiger partial charge in [-0.1, -0.05) is 41.9 Å². The average molecular weight is 443 g/mol. The molecular weight excluding hydrogens is 424 g/mol. The van der Waals surface area contributed by atoms with Crippen LogP contribution in [0.4, 0.5) is 17.2 Å². The van der Waals surface area contributed by atoms with Crippen LogP contribution in [-0.4, -0.2) is 19.8 Å². The molecule has 0 aliphatic rings. The van der Waals surface area contributed by atoms with Gasteiger partial charge in [0.15, 0.2) is 17.3 Å². The van der Waals surface area contributed by atoms with Crippen LogP contribution < -0.4 is 15.4 Å². The molecule has 0 aliphatic heterocycles. The molecule has 2 heterocycles. The normalized spacial score (nSPS) is 10.8. The highest BCUT2D eigenvalue weighted by atomic mass is 35.5. The van der Waals surface area contributed by atoms with Gasteiger partial charge in [-0.15, -0.1) is 15.3 Å². The van der Waals surface area contributed by atoms with Gasteiger partial charge in [0.05, 0.1) is 6.54 Å². The Morgan fingerprint density at radius 1 is 0.781 bits per heavy atom. The molecular formula is C24H19ClN6O. The lowest BCUT2D eigenvalue weighted by atomic mass is 10.3. The summed E-state index contributed by atoms with van der Waals surface area (Å²) >= 11 is 6.07. The topological polar surface area (TPSA) is 76.4 Å². The minimum absolute atomic E-state index is 0.448. The van der Waals surface area contributed by atoms with Crippen LogP contribution in [0.1, 0.15) is 5.82 Å². The van der Waals surface area contributed by atoms with Gasteiger partial charge in [-0.05, 0) is 54.6 Å². The highest BCUT2D eigenvalue weighted by Gasteiger charge is 2.09. The van der Waals surface area contributed by atoms with Crippen LogP contribution >= 0.6 is 11.6 Å². The number of hydrogen-bond acceptors (Lipinski definition) is 6. The molecule has 5 rings (SSSR count). The fourth-order valence-electron chi connectivity index (χ4n) is 3.20. The maximum Gasteiger partial charge on any atom is 0.178 e. The Morgan fingerprint density at radius 3 is 2.47 bits per heavy atom. The summed E-state index contributed by atoms with van der Waals surface area (Å²) in [4.78, 5) is 0. The van der Waals surface area contributed by atoms with E-state index < -0.39 is 0 Å². The second kappa shape index (κ2) is 8.95. The molecule has 0 saturated heterocycles. The van der Waals surface area contributed by atoms with Crippen LogP contribution in [0.3, 0.4) is 0 Å². The molecule has 0 fully saturated rings. The lowest BCUT2D eigenvalue weighted by molar-refractivity contribution is 0.483. The molecule has 0 saturated carbocycles. The Hall–Kier alpha value is -4.10. The minimum Gasteiger partial charge on any atom is -0.457 e. The van der Waals surface area contributed by atoms with E-state index in [4.69, 9.17) is 16.3 Å². The number of rotatable bonds is 7. The zero-order chi connectivity index (χ0) is 21.8. The Kier molecular flexibility index (Phi) is 5.55. The van der Waals surface area contributed by atoms with Gasteiger partial charge >= 0.3 is 0 Å². The summed E-state index contributed by atoms with van der Waals surface area (Å²) in [6.45, 7) is 0.448. The summed E-state index contributed by atoms with van der Waals surface area (Å²) in [7, 11) is 0. The molecule has 7 nitrogen and oxygen atoms in total. The summed E-state index contributed by atoms with van der Waals surface area (Å²) < 4.78 is 7.62. The first kappa shape index (κ1) is 19.8.